The second-order valence-electron chi connectivity index (χ2n) is 3.81. The Labute approximate surface area is 106 Å². The first-order chi connectivity index (χ1) is 8.69. The van der Waals surface area contributed by atoms with E-state index in [0.29, 0.717) is 11.7 Å². The lowest BCUT2D eigenvalue weighted by Crippen LogP contribution is -1.94. The average molecular weight is 248 g/mol. The fraction of sp³-hybridized carbons (Fsp3) is 0.308. The van der Waals surface area contributed by atoms with Gasteiger partial charge >= 0.3 is 0 Å². The van der Waals surface area contributed by atoms with Crippen molar-refractivity contribution in [2.24, 2.45) is 0 Å². The van der Waals surface area contributed by atoms with Gasteiger partial charge in [0.1, 0.15) is 23.5 Å². The number of anilines is 1. The van der Waals surface area contributed by atoms with Crippen LogP contribution in [0.1, 0.15) is 5.56 Å². The number of hydrogen-bond acceptors (Lipinski definition) is 5. The molecule has 2 rings (SSSR count). The predicted molar refractivity (Wildman–Crippen MR) is 69.3 cm³/mol. The zero-order valence-electron chi connectivity index (χ0n) is 10.9. The molecule has 0 spiro atoms. The minimum Gasteiger partial charge on any atom is -0.496 e. The van der Waals surface area contributed by atoms with Crippen LogP contribution in [0, 0.1) is 6.92 Å². The maximum Gasteiger partial charge on any atom is 0.294 e. The Bertz CT molecular complexity index is 549. The van der Waals surface area contributed by atoms with E-state index in [-0.39, 0.29) is 0 Å². The molecular formula is C13H16N2O3. The van der Waals surface area contributed by atoms with Crippen LogP contribution in [0.3, 0.4) is 0 Å². The summed E-state index contributed by atoms with van der Waals surface area (Å²) in [6.45, 7) is 1.97. The van der Waals surface area contributed by atoms with Gasteiger partial charge in [0.25, 0.3) is 6.01 Å². The number of aryl methyl sites for hydroxylation is 1. The monoisotopic (exact) mass is 248 g/mol. The van der Waals surface area contributed by atoms with E-state index < -0.39 is 0 Å². The van der Waals surface area contributed by atoms with Crippen LogP contribution in [0.4, 0.5) is 6.01 Å². The number of nitrogens with zero attached hydrogens (tertiary/aromatic N) is 1. The van der Waals surface area contributed by atoms with Crippen LogP contribution >= 0.6 is 0 Å². The third-order valence-electron chi connectivity index (χ3n) is 2.71. The van der Waals surface area contributed by atoms with E-state index in [2.05, 4.69) is 10.3 Å². The number of nitrogens with one attached hydrogen (secondary N) is 1. The van der Waals surface area contributed by atoms with Gasteiger partial charge in [0, 0.05) is 12.6 Å². The summed E-state index contributed by atoms with van der Waals surface area (Å²) < 4.78 is 15.9. The fourth-order valence-corrected chi connectivity index (χ4v) is 1.76. The Morgan fingerprint density at radius 1 is 1.17 bits per heavy atom. The van der Waals surface area contributed by atoms with Gasteiger partial charge in [-0.3, -0.25) is 0 Å². The van der Waals surface area contributed by atoms with E-state index in [1.807, 2.05) is 19.1 Å². The molecule has 1 heterocycles. The highest BCUT2D eigenvalue weighted by atomic mass is 16.5. The largest absolute Gasteiger partial charge is 0.496 e. The summed E-state index contributed by atoms with van der Waals surface area (Å²) in [6, 6.07) is 4.28. The standard InChI is InChI=1S/C13H16N2O3/c1-8-5-12(17-4)9(6-11(8)16-3)10-7-18-13(14-2)15-10/h5-7H,1-4H3,(H,14,15). The van der Waals surface area contributed by atoms with Crippen LogP contribution in [0.25, 0.3) is 11.3 Å². The van der Waals surface area contributed by atoms with Crippen LogP contribution in [0.5, 0.6) is 11.5 Å². The lowest BCUT2D eigenvalue weighted by molar-refractivity contribution is 0.401. The zero-order valence-corrected chi connectivity index (χ0v) is 10.9. The fourth-order valence-electron chi connectivity index (χ4n) is 1.76. The van der Waals surface area contributed by atoms with Gasteiger partial charge < -0.3 is 19.2 Å². The number of benzene rings is 1. The van der Waals surface area contributed by atoms with E-state index in [9.17, 15) is 0 Å². The van der Waals surface area contributed by atoms with Crippen molar-refractivity contribution in [1.29, 1.82) is 0 Å². The van der Waals surface area contributed by atoms with Crippen molar-refractivity contribution in [3.05, 3.63) is 24.0 Å². The normalized spacial score (nSPS) is 10.2. The van der Waals surface area contributed by atoms with Gasteiger partial charge in [-0.1, -0.05) is 0 Å². The van der Waals surface area contributed by atoms with Crippen molar-refractivity contribution in [3.8, 4) is 22.8 Å². The first kappa shape index (κ1) is 12.3. The Hall–Kier alpha value is -2.17. The second-order valence-corrected chi connectivity index (χ2v) is 3.81. The SMILES string of the molecule is CNc1nc(-c2cc(OC)c(C)cc2OC)co1. The van der Waals surface area contributed by atoms with Gasteiger partial charge in [0.15, 0.2) is 0 Å². The molecule has 0 unspecified atom stereocenters. The smallest absolute Gasteiger partial charge is 0.294 e. The molecule has 96 valence electrons. The Kier molecular flexibility index (Phi) is 3.41. The maximum atomic E-state index is 5.37. The van der Waals surface area contributed by atoms with Crippen LogP contribution in [-0.4, -0.2) is 26.3 Å². The molecule has 5 nitrogen and oxygen atoms in total. The molecule has 0 aliphatic rings. The van der Waals surface area contributed by atoms with Crippen molar-refractivity contribution in [2.45, 2.75) is 6.92 Å². The van der Waals surface area contributed by atoms with Crippen LogP contribution in [-0.2, 0) is 0 Å². The molecule has 5 heteroatoms. The number of aromatic nitrogens is 1. The summed E-state index contributed by atoms with van der Waals surface area (Å²) in [6.07, 6.45) is 1.58. The molecular weight excluding hydrogens is 232 g/mol. The third-order valence-corrected chi connectivity index (χ3v) is 2.71. The zero-order chi connectivity index (χ0) is 13.1. The Morgan fingerprint density at radius 3 is 2.44 bits per heavy atom. The number of hydrogen-bond donors (Lipinski definition) is 1. The van der Waals surface area contributed by atoms with Gasteiger partial charge in [-0.25, -0.2) is 0 Å². The number of oxazole rings is 1. The molecule has 0 saturated carbocycles. The van der Waals surface area contributed by atoms with Crippen molar-refractivity contribution in [2.75, 3.05) is 26.6 Å². The predicted octanol–water partition coefficient (Wildman–Crippen LogP) is 2.71. The molecule has 1 aromatic carbocycles. The van der Waals surface area contributed by atoms with Crippen LogP contribution in [0.2, 0.25) is 0 Å². The summed E-state index contributed by atoms with van der Waals surface area (Å²) >= 11 is 0. The van der Waals surface area contributed by atoms with E-state index in [4.69, 9.17) is 13.9 Å². The summed E-state index contributed by atoms with van der Waals surface area (Å²) in [5.41, 5.74) is 2.55. The molecule has 0 aliphatic carbocycles. The first-order valence-electron chi connectivity index (χ1n) is 5.56. The second kappa shape index (κ2) is 5.00. The average Bonchev–Trinajstić information content (AvgIpc) is 2.87. The molecule has 1 aromatic heterocycles. The van der Waals surface area contributed by atoms with Gasteiger partial charge in [-0.15, -0.1) is 0 Å². The van der Waals surface area contributed by atoms with Crippen molar-refractivity contribution in [3.63, 3.8) is 0 Å². The minimum atomic E-state index is 0.464. The van der Waals surface area contributed by atoms with Crippen LogP contribution < -0.4 is 14.8 Å². The molecule has 0 bridgehead atoms. The Morgan fingerprint density at radius 2 is 1.89 bits per heavy atom. The molecule has 1 N–H and O–H groups in total. The molecule has 18 heavy (non-hydrogen) atoms. The van der Waals surface area contributed by atoms with Gasteiger partial charge in [-0.05, 0) is 24.6 Å². The quantitative estimate of drug-likeness (QED) is 0.901. The third kappa shape index (κ3) is 2.11. The van der Waals surface area contributed by atoms with E-state index in [0.717, 1.165) is 22.6 Å². The number of rotatable bonds is 4. The van der Waals surface area contributed by atoms with Crippen molar-refractivity contribution < 1.29 is 13.9 Å². The minimum absolute atomic E-state index is 0.464. The lowest BCUT2D eigenvalue weighted by atomic mass is 10.1. The summed E-state index contributed by atoms with van der Waals surface area (Å²) in [5, 5.41) is 2.84. The molecule has 2 aromatic rings. The van der Waals surface area contributed by atoms with E-state index >= 15 is 0 Å². The number of ether oxygens (including phenoxy) is 2. The van der Waals surface area contributed by atoms with E-state index in [1.54, 1.807) is 27.5 Å². The van der Waals surface area contributed by atoms with E-state index in [1.165, 1.54) is 0 Å². The van der Waals surface area contributed by atoms with Crippen LogP contribution in [0.15, 0.2) is 22.8 Å². The molecule has 0 fully saturated rings. The lowest BCUT2D eigenvalue weighted by Gasteiger charge is -2.11. The highest BCUT2D eigenvalue weighted by Crippen LogP contribution is 2.35. The molecule has 0 atom stereocenters. The molecule has 0 saturated heterocycles. The maximum absolute atomic E-state index is 5.37. The van der Waals surface area contributed by atoms with Gasteiger partial charge in [0.05, 0.1) is 14.2 Å². The van der Waals surface area contributed by atoms with Crippen molar-refractivity contribution in [1.82, 2.24) is 4.98 Å². The molecule has 0 radical (unpaired) electrons. The Balaban J connectivity index is 2.54. The first-order valence-corrected chi connectivity index (χ1v) is 5.56. The van der Waals surface area contributed by atoms with Gasteiger partial charge in [-0.2, -0.15) is 4.98 Å². The molecule has 0 aliphatic heterocycles. The molecule has 0 amide bonds. The van der Waals surface area contributed by atoms with Crippen molar-refractivity contribution >= 4 is 6.01 Å². The van der Waals surface area contributed by atoms with Gasteiger partial charge in [0.2, 0.25) is 0 Å². The summed E-state index contributed by atoms with van der Waals surface area (Å²) in [7, 11) is 5.02. The highest BCUT2D eigenvalue weighted by Gasteiger charge is 2.14. The summed E-state index contributed by atoms with van der Waals surface area (Å²) in [4.78, 5) is 4.30. The summed E-state index contributed by atoms with van der Waals surface area (Å²) in [5.74, 6) is 1.53. The topological polar surface area (TPSA) is 56.5 Å². The number of methoxy groups -OCH3 is 2. The highest BCUT2D eigenvalue weighted by molar-refractivity contribution is 5.70.